The number of nitrogens with one attached hydrogen (secondary N) is 1. The van der Waals surface area contributed by atoms with Crippen LogP contribution in [0, 0.1) is 16.7 Å². The van der Waals surface area contributed by atoms with Crippen molar-refractivity contribution in [2.75, 3.05) is 13.2 Å². The number of hydrogen-bond donors (Lipinski definition) is 1. The Balaban J connectivity index is 1.85. The Hall–Kier alpha value is -0.590. The summed E-state index contributed by atoms with van der Waals surface area (Å²) in [5.41, 5.74) is 0.408. The highest BCUT2D eigenvalue weighted by Crippen LogP contribution is 2.48. The Morgan fingerprint density at radius 2 is 2.20 bits per heavy atom. The first kappa shape index (κ1) is 10.9. The molecular weight excluding hydrogens is 188 g/mol. The fraction of sp³-hybridized carbons (Fsp3) is 0.917. The SMILES string of the molecule is CC1OCCC1(C)NCC1(CC#N)CC1. The Kier molecular flexibility index (Phi) is 2.74. The first-order valence-electron chi connectivity index (χ1n) is 5.84. The number of ether oxygens (including phenoxy) is 1. The molecule has 2 aliphatic rings. The summed E-state index contributed by atoms with van der Waals surface area (Å²) in [4.78, 5) is 0. The summed E-state index contributed by atoms with van der Waals surface area (Å²) in [5, 5.41) is 12.4. The van der Waals surface area contributed by atoms with Crippen molar-refractivity contribution in [2.45, 2.75) is 51.2 Å². The van der Waals surface area contributed by atoms with Crippen LogP contribution in [-0.2, 0) is 4.74 Å². The van der Waals surface area contributed by atoms with Crippen molar-refractivity contribution in [1.29, 1.82) is 5.26 Å². The third kappa shape index (κ3) is 2.16. The van der Waals surface area contributed by atoms with Gasteiger partial charge in [0.25, 0.3) is 0 Å². The lowest BCUT2D eigenvalue weighted by Crippen LogP contribution is -2.49. The summed E-state index contributed by atoms with van der Waals surface area (Å²) >= 11 is 0. The summed E-state index contributed by atoms with van der Waals surface area (Å²) in [6, 6.07) is 2.30. The maximum atomic E-state index is 8.75. The highest BCUT2D eigenvalue weighted by Gasteiger charge is 2.45. The summed E-state index contributed by atoms with van der Waals surface area (Å²) in [5.74, 6) is 0. The van der Waals surface area contributed by atoms with Crippen molar-refractivity contribution in [3.63, 3.8) is 0 Å². The van der Waals surface area contributed by atoms with Gasteiger partial charge in [0.15, 0.2) is 0 Å². The minimum absolute atomic E-state index is 0.116. The molecular formula is C12H20N2O. The minimum atomic E-state index is 0.116. The molecule has 1 aliphatic carbocycles. The molecule has 1 saturated carbocycles. The molecule has 2 unspecified atom stereocenters. The molecule has 0 aromatic carbocycles. The molecule has 3 nitrogen and oxygen atoms in total. The zero-order valence-corrected chi connectivity index (χ0v) is 9.68. The molecule has 3 heteroatoms. The summed E-state index contributed by atoms with van der Waals surface area (Å²) in [6.07, 6.45) is 4.48. The van der Waals surface area contributed by atoms with Gasteiger partial charge in [-0.3, -0.25) is 0 Å². The van der Waals surface area contributed by atoms with Crippen LogP contribution in [-0.4, -0.2) is 24.8 Å². The average Bonchev–Trinajstić information content (AvgIpc) is 2.89. The van der Waals surface area contributed by atoms with Gasteiger partial charge in [-0.2, -0.15) is 5.26 Å². The van der Waals surface area contributed by atoms with Crippen molar-refractivity contribution < 1.29 is 4.74 Å². The molecule has 0 aromatic rings. The van der Waals surface area contributed by atoms with Gasteiger partial charge in [0.05, 0.1) is 12.2 Å². The predicted octanol–water partition coefficient (Wildman–Crippen LogP) is 1.84. The highest BCUT2D eigenvalue weighted by atomic mass is 16.5. The van der Waals surface area contributed by atoms with E-state index in [0.29, 0.717) is 11.8 Å². The number of rotatable bonds is 4. The first-order chi connectivity index (χ1) is 7.10. The molecule has 0 amide bonds. The van der Waals surface area contributed by atoms with Crippen LogP contribution in [0.4, 0.5) is 0 Å². The van der Waals surface area contributed by atoms with E-state index in [-0.39, 0.29) is 11.6 Å². The molecule has 1 N–H and O–H groups in total. The number of hydrogen-bond acceptors (Lipinski definition) is 3. The molecule has 84 valence electrons. The van der Waals surface area contributed by atoms with Gasteiger partial charge in [0.2, 0.25) is 0 Å². The van der Waals surface area contributed by atoms with Gasteiger partial charge >= 0.3 is 0 Å². The van der Waals surface area contributed by atoms with Crippen LogP contribution >= 0.6 is 0 Å². The molecule has 2 atom stereocenters. The Bertz CT molecular complexity index is 280. The zero-order valence-electron chi connectivity index (χ0n) is 9.68. The molecule has 0 bridgehead atoms. The van der Waals surface area contributed by atoms with Crippen molar-refractivity contribution in [3.8, 4) is 6.07 Å². The summed E-state index contributed by atoms with van der Waals surface area (Å²) in [6.45, 7) is 6.19. The molecule has 15 heavy (non-hydrogen) atoms. The Morgan fingerprint density at radius 3 is 2.67 bits per heavy atom. The molecule has 0 aromatic heterocycles. The van der Waals surface area contributed by atoms with E-state index in [1.165, 1.54) is 12.8 Å². The van der Waals surface area contributed by atoms with E-state index in [9.17, 15) is 0 Å². The zero-order chi connectivity index (χ0) is 10.9. The van der Waals surface area contributed by atoms with Gasteiger partial charge in [0, 0.05) is 25.1 Å². The van der Waals surface area contributed by atoms with Crippen LogP contribution in [0.1, 0.15) is 39.5 Å². The number of nitriles is 1. The minimum Gasteiger partial charge on any atom is -0.377 e. The Morgan fingerprint density at radius 1 is 1.47 bits per heavy atom. The topological polar surface area (TPSA) is 45.0 Å². The third-order valence-corrected chi connectivity index (χ3v) is 4.16. The third-order valence-electron chi connectivity index (χ3n) is 4.16. The van der Waals surface area contributed by atoms with Gasteiger partial charge in [-0.1, -0.05) is 0 Å². The quantitative estimate of drug-likeness (QED) is 0.766. The second kappa shape index (κ2) is 3.77. The second-order valence-electron chi connectivity index (χ2n) is 5.37. The number of nitrogens with zero attached hydrogens (tertiary/aromatic N) is 1. The van der Waals surface area contributed by atoms with Crippen molar-refractivity contribution in [2.24, 2.45) is 5.41 Å². The van der Waals surface area contributed by atoms with Crippen LogP contribution in [0.3, 0.4) is 0 Å². The van der Waals surface area contributed by atoms with Crippen molar-refractivity contribution >= 4 is 0 Å². The van der Waals surface area contributed by atoms with Crippen LogP contribution in [0.2, 0.25) is 0 Å². The maximum absolute atomic E-state index is 8.75. The lowest BCUT2D eigenvalue weighted by Gasteiger charge is -2.31. The van der Waals surface area contributed by atoms with Crippen LogP contribution in [0.25, 0.3) is 0 Å². The van der Waals surface area contributed by atoms with Crippen LogP contribution < -0.4 is 5.32 Å². The lowest BCUT2D eigenvalue weighted by atomic mass is 9.92. The van der Waals surface area contributed by atoms with E-state index in [2.05, 4.69) is 25.2 Å². The standard InChI is InChI=1S/C12H20N2O/c1-10-11(2,6-8-15-10)14-9-12(3-4-12)5-7-13/h10,14H,3-6,8-9H2,1-2H3. The summed E-state index contributed by atoms with van der Waals surface area (Å²) < 4.78 is 5.59. The summed E-state index contributed by atoms with van der Waals surface area (Å²) in [7, 11) is 0. The van der Waals surface area contributed by atoms with E-state index in [1.54, 1.807) is 0 Å². The molecule has 1 heterocycles. The van der Waals surface area contributed by atoms with Crippen molar-refractivity contribution in [3.05, 3.63) is 0 Å². The van der Waals surface area contributed by atoms with E-state index in [4.69, 9.17) is 10.00 Å². The predicted molar refractivity (Wildman–Crippen MR) is 58.3 cm³/mol. The van der Waals surface area contributed by atoms with Crippen LogP contribution in [0.5, 0.6) is 0 Å². The first-order valence-corrected chi connectivity index (χ1v) is 5.84. The fourth-order valence-corrected chi connectivity index (χ4v) is 2.22. The van der Waals surface area contributed by atoms with Crippen molar-refractivity contribution in [1.82, 2.24) is 5.32 Å². The normalized spacial score (nSPS) is 37.5. The molecule has 0 radical (unpaired) electrons. The largest absolute Gasteiger partial charge is 0.377 e. The van der Waals surface area contributed by atoms with E-state index < -0.39 is 0 Å². The van der Waals surface area contributed by atoms with Gasteiger partial charge in [-0.05, 0) is 38.5 Å². The van der Waals surface area contributed by atoms with E-state index in [1.807, 2.05) is 0 Å². The maximum Gasteiger partial charge on any atom is 0.0726 e. The molecule has 2 fully saturated rings. The Labute approximate surface area is 91.8 Å². The lowest BCUT2D eigenvalue weighted by molar-refractivity contribution is 0.0866. The van der Waals surface area contributed by atoms with Gasteiger partial charge in [0.1, 0.15) is 0 Å². The molecule has 1 saturated heterocycles. The second-order valence-corrected chi connectivity index (χ2v) is 5.37. The van der Waals surface area contributed by atoms with Gasteiger partial charge in [-0.25, -0.2) is 0 Å². The molecule has 2 rings (SSSR count). The van der Waals surface area contributed by atoms with E-state index >= 15 is 0 Å². The molecule has 0 spiro atoms. The smallest absolute Gasteiger partial charge is 0.0726 e. The van der Waals surface area contributed by atoms with E-state index in [0.717, 1.165) is 19.6 Å². The molecule has 1 aliphatic heterocycles. The fourth-order valence-electron chi connectivity index (χ4n) is 2.22. The van der Waals surface area contributed by atoms with Crippen LogP contribution in [0.15, 0.2) is 0 Å². The van der Waals surface area contributed by atoms with Gasteiger partial charge in [-0.15, -0.1) is 0 Å². The van der Waals surface area contributed by atoms with Gasteiger partial charge < -0.3 is 10.1 Å². The highest BCUT2D eigenvalue weighted by molar-refractivity contribution is 5.03. The monoisotopic (exact) mass is 208 g/mol. The average molecular weight is 208 g/mol.